The minimum Gasteiger partial charge on any atom is -0.365 e. The summed E-state index contributed by atoms with van der Waals surface area (Å²) in [6.07, 6.45) is 3.30. The van der Waals surface area contributed by atoms with Crippen molar-refractivity contribution >= 4 is 5.91 Å². The molecular formula is C22H27FN2O3. The summed E-state index contributed by atoms with van der Waals surface area (Å²) in [7, 11) is 0. The van der Waals surface area contributed by atoms with E-state index >= 15 is 0 Å². The van der Waals surface area contributed by atoms with Gasteiger partial charge in [0.2, 0.25) is 5.91 Å². The first-order valence-electron chi connectivity index (χ1n) is 9.82. The zero-order chi connectivity index (χ0) is 19.9. The number of aromatic nitrogens is 1. The monoisotopic (exact) mass is 386 g/mol. The summed E-state index contributed by atoms with van der Waals surface area (Å²) >= 11 is 0. The van der Waals surface area contributed by atoms with Crippen molar-refractivity contribution in [2.75, 3.05) is 13.2 Å². The molecule has 1 aliphatic carbocycles. The van der Waals surface area contributed by atoms with Gasteiger partial charge in [0.15, 0.2) is 5.76 Å². The quantitative estimate of drug-likeness (QED) is 0.763. The van der Waals surface area contributed by atoms with E-state index in [-0.39, 0.29) is 35.8 Å². The summed E-state index contributed by atoms with van der Waals surface area (Å²) in [5.74, 6) is 0.302. The molecule has 1 saturated carbocycles. The lowest BCUT2D eigenvalue weighted by atomic mass is 9.65. The van der Waals surface area contributed by atoms with E-state index in [4.69, 9.17) is 9.26 Å². The van der Waals surface area contributed by atoms with E-state index in [1.165, 1.54) is 12.1 Å². The third-order valence-electron chi connectivity index (χ3n) is 5.90. The van der Waals surface area contributed by atoms with Crippen LogP contribution in [0.5, 0.6) is 0 Å². The molecule has 1 aromatic heterocycles. The Kier molecular flexibility index (Phi) is 4.78. The van der Waals surface area contributed by atoms with Gasteiger partial charge in [-0.15, -0.1) is 0 Å². The molecule has 2 heterocycles. The second-order valence-corrected chi connectivity index (χ2v) is 9.42. The maximum atomic E-state index is 13.0. The van der Waals surface area contributed by atoms with Gasteiger partial charge < -0.3 is 14.2 Å². The molecule has 4 rings (SSSR count). The summed E-state index contributed by atoms with van der Waals surface area (Å²) in [5.41, 5.74) is 1.86. The van der Waals surface area contributed by atoms with Crippen molar-refractivity contribution in [3.63, 3.8) is 0 Å². The molecule has 2 atom stereocenters. The number of amides is 1. The van der Waals surface area contributed by atoms with E-state index in [1.807, 2.05) is 4.90 Å². The highest BCUT2D eigenvalue weighted by atomic mass is 19.1. The fraction of sp³-hybridized carbons (Fsp3) is 0.545. The zero-order valence-electron chi connectivity index (χ0n) is 16.7. The minimum atomic E-state index is -0.297. The highest BCUT2D eigenvalue weighted by Crippen LogP contribution is 2.52. The SMILES string of the molecule is CC1(C)C[C@H]2C[C@](C)(CN2C(=O)COCc2cc(-c3ccc(F)cc3)on2)C1. The molecule has 2 aliphatic rings. The molecule has 0 spiro atoms. The van der Waals surface area contributed by atoms with Gasteiger partial charge in [0, 0.05) is 24.2 Å². The Morgan fingerprint density at radius 1 is 1.29 bits per heavy atom. The van der Waals surface area contributed by atoms with Gasteiger partial charge in [0.1, 0.15) is 18.1 Å². The van der Waals surface area contributed by atoms with Crippen LogP contribution in [-0.2, 0) is 16.1 Å². The van der Waals surface area contributed by atoms with Crippen molar-refractivity contribution in [3.8, 4) is 11.3 Å². The lowest BCUT2D eigenvalue weighted by Crippen LogP contribution is -2.39. The normalized spacial score (nSPS) is 25.9. The summed E-state index contributed by atoms with van der Waals surface area (Å²) in [6, 6.07) is 8.10. The fourth-order valence-electron chi connectivity index (χ4n) is 5.21. The maximum Gasteiger partial charge on any atom is 0.248 e. The third kappa shape index (κ3) is 3.97. The number of carbonyl (C=O) groups excluding carboxylic acids is 1. The topological polar surface area (TPSA) is 55.6 Å². The number of likely N-dealkylation sites (tertiary alicyclic amines) is 1. The Morgan fingerprint density at radius 3 is 2.79 bits per heavy atom. The number of carbonyl (C=O) groups is 1. The van der Waals surface area contributed by atoms with Gasteiger partial charge in [-0.2, -0.15) is 0 Å². The van der Waals surface area contributed by atoms with Crippen molar-refractivity contribution in [2.45, 2.75) is 52.7 Å². The van der Waals surface area contributed by atoms with Gasteiger partial charge in [-0.05, 0) is 54.4 Å². The molecule has 28 heavy (non-hydrogen) atoms. The molecule has 1 aromatic carbocycles. The molecule has 2 fully saturated rings. The first kappa shape index (κ1) is 19.1. The summed E-state index contributed by atoms with van der Waals surface area (Å²) < 4.78 is 23.9. The first-order valence-corrected chi connectivity index (χ1v) is 9.82. The third-order valence-corrected chi connectivity index (χ3v) is 5.90. The lowest BCUT2D eigenvalue weighted by molar-refractivity contribution is -0.137. The van der Waals surface area contributed by atoms with Gasteiger partial charge in [-0.25, -0.2) is 4.39 Å². The number of fused-ring (bicyclic) bond motifs is 2. The van der Waals surface area contributed by atoms with Crippen LogP contribution in [0, 0.1) is 16.6 Å². The summed E-state index contributed by atoms with van der Waals surface area (Å²) in [5, 5.41) is 3.97. The molecule has 2 bridgehead atoms. The van der Waals surface area contributed by atoms with E-state index < -0.39 is 0 Å². The molecule has 1 saturated heterocycles. The summed E-state index contributed by atoms with van der Waals surface area (Å²) in [4.78, 5) is 14.7. The Labute approximate surface area is 164 Å². The predicted molar refractivity (Wildman–Crippen MR) is 103 cm³/mol. The van der Waals surface area contributed by atoms with Gasteiger partial charge in [0.05, 0.1) is 6.61 Å². The second kappa shape index (κ2) is 6.99. The molecule has 0 unspecified atom stereocenters. The Hall–Kier alpha value is -2.21. The van der Waals surface area contributed by atoms with E-state index in [0.717, 1.165) is 31.4 Å². The minimum absolute atomic E-state index is 0.0474. The van der Waals surface area contributed by atoms with Gasteiger partial charge >= 0.3 is 0 Å². The fourth-order valence-corrected chi connectivity index (χ4v) is 5.21. The molecule has 0 N–H and O–H groups in total. The number of hydrogen-bond acceptors (Lipinski definition) is 4. The Morgan fingerprint density at radius 2 is 2.04 bits per heavy atom. The van der Waals surface area contributed by atoms with E-state index in [0.29, 0.717) is 17.5 Å². The van der Waals surface area contributed by atoms with Gasteiger partial charge in [0.25, 0.3) is 0 Å². The zero-order valence-corrected chi connectivity index (χ0v) is 16.7. The molecule has 2 aromatic rings. The first-order chi connectivity index (χ1) is 13.2. The highest BCUT2D eigenvalue weighted by Gasteiger charge is 2.50. The molecule has 6 heteroatoms. The van der Waals surface area contributed by atoms with Crippen molar-refractivity contribution in [1.82, 2.24) is 10.1 Å². The molecule has 1 aliphatic heterocycles. The average Bonchev–Trinajstić information content (AvgIpc) is 3.16. The van der Waals surface area contributed by atoms with Crippen LogP contribution in [0.4, 0.5) is 4.39 Å². The van der Waals surface area contributed by atoms with E-state index in [2.05, 4.69) is 25.9 Å². The van der Waals surface area contributed by atoms with Crippen molar-refractivity contribution in [2.24, 2.45) is 10.8 Å². The van der Waals surface area contributed by atoms with Crippen LogP contribution in [0.1, 0.15) is 45.7 Å². The predicted octanol–water partition coefficient (Wildman–Crippen LogP) is 4.42. The average molecular weight is 386 g/mol. The Balaban J connectivity index is 1.31. The highest BCUT2D eigenvalue weighted by molar-refractivity contribution is 5.78. The standard InChI is InChI=1S/C22H27FN2O3/c1-21(2)9-18-10-22(3,13-21)14-25(18)20(26)12-27-11-17-8-19(28-24-17)15-4-6-16(23)7-5-15/h4-8,18H,9-14H2,1-3H3/t18-,22-/m0/s1. The van der Waals surface area contributed by atoms with E-state index in [1.54, 1.807) is 18.2 Å². The largest absolute Gasteiger partial charge is 0.365 e. The number of ether oxygens (including phenoxy) is 1. The molecule has 5 nitrogen and oxygen atoms in total. The number of halogens is 1. The van der Waals surface area contributed by atoms with Crippen molar-refractivity contribution < 1.29 is 18.4 Å². The van der Waals surface area contributed by atoms with Gasteiger partial charge in [-0.1, -0.05) is 25.9 Å². The molecule has 150 valence electrons. The smallest absolute Gasteiger partial charge is 0.248 e. The number of nitrogens with zero attached hydrogens (tertiary/aromatic N) is 2. The van der Waals surface area contributed by atoms with Gasteiger partial charge in [-0.3, -0.25) is 4.79 Å². The molecular weight excluding hydrogens is 359 g/mol. The van der Waals surface area contributed by atoms with Crippen LogP contribution in [0.2, 0.25) is 0 Å². The van der Waals surface area contributed by atoms with Crippen LogP contribution >= 0.6 is 0 Å². The van der Waals surface area contributed by atoms with Crippen LogP contribution in [0.25, 0.3) is 11.3 Å². The van der Waals surface area contributed by atoms with Crippen molar-refractivity contribution in [1.29, 1.82) is 0 Å². The number of hydrogen-bond donors (Lipinski definition) is 0. The van der Waals surface area contributed by atoms with Crippen LogP contribution < -0.4 is 0 Å². The molecule has 1 amide bonds. The lowest BCUT2D eigenvalue weighted by Gasteiger charge is -2.39. The van der Waals surface area contributed by atoms with Crippen LogP contribution in [0.3, 0.4) is 0 Å². The number of rotatable bonds is 5. The number of benzene rings is 1. The molecule has 0 radical (unpaired) electrons. The van der Waals surface area contributed by atoms with Crippen molar-refractivity contribution in [3.05, 3.63) is 41.8 Å². The second-order valence-electron chi connectivity index (χ2n) is 9.42. The van der Waals surface area contributed by atoms with E-state index in [9.17, 15) is 9.18 Å². The Bertz CT molecular complexity index is 861. The van der Waals surface area contributed by atoms with Crippen LogP contribution in [-0.4, -0.2) is 35.2 Å². The maximum absolute atomic E-state index is 13.0. The summed E-state index contributed by atoms with van der Waals surface area (Å²) in [6.45, 7) is 7.96. The van der Waals surface area contributed by atoms with Crippen LogP contribution in [0.15, 0.2) is 34.9 Å².